The monoisotopic (exact) mass is 552 g/mol. The van der Waals surface area contributed by atoms with Crippen LogP contribution < -0.4 is 15.2 Å². The van der Waals surface area contributed by atoms with E-state index in [-0.39, 0.29) is 39.5 Å². The number of benzene rings is 2. The van der Waals surface area contributed by atoms with Crippen molar-refractivity contribution < 1.29 is 49.3 Å². The number of fused-ring (bicyclic) bond motifs is 2. The van der Waals surface area contributed by atoms with Crippen molar-refractivity contribution >= 4 is 17.4 Å². The van der Waals surface area contributed by atoms with Gasteiger partial charge in [0, 0.05) is 23.4 Å². The summed E-state index contributed by atoms with van der Waals surface area (Å²) in [5, 5.41) is 51.0. The number of ether oxygens (including phenoxy) is 3. The lowest BCUT2D eigenvalue weighted by atomic mass is 9.81. The van der Waals surface area contributed by atoms with Gasteiger partial charge in [-0.3, -0.25) is 9.59 Å². The Morgan fingerprint density at radius 2 is 1.65 bits per heavy atom. The minimum Gasteiger partial charge on any atom is -0.507 e. The molecule has 210 valence electrons. The van der Waals surface area contributed by atoms with E-state index in [0.29, 0.717) is 24.2 Å². The average Bonchev–Trinajstić information content (AvgIpc) is 2.95. The van der Waals surface area contributed by atoms with Gasteiger partial charge in [0.2, 0.25) is 12.1 Å². The molecule has 1 fully saturated rings. The smallest absolute Gasteiger partial charge is 0.229 e. The van der Waals surface area contributed by atoms with Gasteiger partial charge in [0.15, 0.2) is 5.78 Å². The number of nitrogen functional groups attached to an aromatic ring is 1. The Labute approximate surface area is 228 Å². The fourth-order valence-corrected chi connectivity index (χ4v) is 4.89. The minimum absolute atomic E-state index is 0.00924. The fourth-order valence-electron chi connectivity index (χ4n) is 4.89. The number of pyridine rings is 1. The molecule has 2 aliphatic rings. The summed E-state index contributed by atoms with van der Waals surface area (Å²) in [6.07, 6.45) is -5.32. The highest BCUT2D eigenvalue weighted by atomic mass is 16.7. The standard InChI is InChI=1S/C28H28N2O10/c1-38-14-8-16-22(18(9-14)39-28-27(37)26(36)24(34)19(11-31)40-28)25(35)21-15(23(16)33)6-13(7-17(21)32)3-2-12-4-5-20(29)30-10-12/h4-10,19,24,26-28,31-32,34,36-37H,2-3,11H2,1H3,(H2,29,30)/t19-,24-,26+,27-,28-/m1/s1. The molecule has 40 heavy (non-hydrogen) atoms. The molecule has 0 spiro atoms. The number of phenolic OH excluding ortho intramolecular Hbond substituents is 1. The summed E-state index contributed by atoms with van der Waals surface area (Å²) in [6, 6.07) is 9.14. The second kappa shape index (κ2) is 10.8. The van der Waals surface area contributed by atoms with Crippen LogP contribution >= 0.6 is 0 Å². The van der Waals surface area contributed by atoms with E-state index in [4.69, 9.17) is 19.9 Å². The number of nitrogens with two attached hydrogens (primary N) is 1. The van der Waals surface area contributed by atoms with Gasteiger partial charge >= 0.3 is 0 Å². The third kappa shape index (κ3) is 4.87. The van der Waals surface area contributed by atoms with Gasteiger partial charge in [-0.05, 0) is 48.2 Å². The number of nitrogens with zero attached hydrogens (tertiary/aromatic N) is 1. The summed E-state index contributed by atoms with van der Waals surface area (Å²) in [6.45, 7) is -0.684. The van der Waals surface area contributed by atoms with Crippen molar-refractivity contribution in [1.82, 2.24) is 4.98 Å². The number of aliphatic hydroxyl groups excluding tert-OH is 4. The number of methoxy groups -OCH3 is 1. The van der Waals surface area contributed by atoms with Crippen molar-refractivity contribution in [2.75, 3.05) is 19.5 Å². The number of aliphatic hydroxyl groups is 4. The Bertz CT molecular complexity index is 1460. The second-order valence-electron chi connectivity index (χ2n) is 9.65. The molecule has 5 rings (SSSR count). The summed E-state index contributed by atoms with van der Waals surface area (Å²) in [5.74, 6) is -1.34. The third-order valence-electron chi connectivity index (χ3n) is 7.07. The highest BCUT2D eigenvalue weighted by Crippen LogP contribution is 2.41. The summed E-state index contributed by atoms with van der Waals surface area (Å²) >= 11 is 0. The zero-order valence-electron chi connectivity index (χ0n) is 21.4. The molecule has 1 aliphatic carbocycles. The molecule has 3 aromatic rings. The molecule has 12 nitrogen and oxygen atoms in total. The summed E-state index contributed by atoms with van der Waals surface area (Å²) in [4.78, 5) is 31.4. The molecule has 0 radical (unpaired) electrons. The van der Waals surface area contributed by atoms with Gasteiger partial charge in [0.1, 0.15) is 47.5 Å². The lowest BCUT2D eigenvalue weighted by molar-refractivity contribution is -0.277. The number of phenols is 1. The van der Waals surface area contributed by atoms with Crippen molar-refractivity contribution in [2.45, 2.75) is 43.5 Å². The first-order valence-corrected chi connectivity index (χ1v) is 12.5. The van der Waals surface area contributed by atoms with Gasteiger partial charge < -0.3 is 45.5 Å². The van der Waals surface area contributed by atoms with Crippen LogP contribution in [0.3, 0.4) is 0 Å². The Kier molecular flexibility index (Phi) is 7.45. The highest BCUT2D eigenvalue weighted by Gasteiger charge is 2.45. The van der Waals surface area contributed by atoms with Gasteiger partial charge in [-0.25, -0.2) is 4.98 Å². The molecule has 0 unspecified atom stereocenters. The van der Waals surface area contributed by atoms with E-state index in [0.717, 1.165) is 5.56 Å². The first-order chi connectivity index (χ1) is 19.1. The lowest BCUT2D eigenvalue weighted by Gasteiger charge is -2.39. The summed E-state index contributed by atoms with van der Waals surface area (Å²) < 4.78 is 16.5. The Morgan fingerprint density at radius 1 is 0.925 bits per heavy atom. The van der Waals surface area contributed by atoms with Crippen LogP contribution in [-0.2, 0) is 17.6 Å². The van der Waals surface area contributed by atoms with Crippen molar-refractivity contribution in [1.29, 1.82) is 0 Å². The molecule has 1 aromatic heterocycles. The summed E-state index contributed by atoms with van der Waals surface area (Å²) in [5.41, 5.74) is 6.69. The van der Waals surface area contributed by atoms with Crippen molar-refractivity contribution in [3.8, 4) is 17.2 Å². The van der Waals surface area contributed by atoms with Crippen LogP contribution in [0.5, 0.6) is 17.2 Å². The number of aryl methyl sites for hydroxylation is 2. The molecular formula is C28H28N2O10. The van der Waals surface area contributed by atoms with Crippen LogP contribution in [0, 0.1) is 0 Å². The number of carbonyl (C=O) groups is 2. The predicted octanol–water partition coefficient (Wildman–Crippen LogP) is 0.117. The van der Waals surface area contributed by atoms with Crippen LogP contribution in [0.4, 0.5) is 5.82 Å². The average molecular weight is 553 g/mol. The number of anilines is 1. The van der Waals surface area contributed by atoms with Crippen LogP contribution in [0.2, 0.25) is 0 Å². The zero-order valence-corrected chi connectivity index (χ0v) is 21.4. The van der Waals surface area contributed by atoms with Gasteiger partial charge in [-0.1, -0.05) is 6.07 Å². The van der Waals surface area contributed by atoms with E-state index in [2.05, 4.69) is 4.98 Å². The number of hydrogen-bond acceptors (Lipinski definition) is 12. The number of aromatic hydroxyl groups is 1. The highest BCUT2D eigenvalue weighted by molar-refractivity contribution is 6.30. The minimum atomic E-state index is -1.76. The van der Waals surface area contributed by atoms with Gasteiger partial charge in [-0.15, -0.1) is 0 Å². The van der Waals surface area contributed by atoms with Crippen LogP contribution in [0.15, 0.2) is 42.6 Å². The fraction of sp³-hybridized carbons (Fsp3) is 0.321. The number of carbonyl (C=O) groups excluding carboxylic acids is 2. The maximum absolute atomic E-state index is 13.7. The molecule has 0 bridgehead atoms. The predicted molar refractivity (Wildman–Crippen MR) is 138 cm³/mol. The maximum atomic E-state index is 13.7. The van der Waals surface area contributed by atoms with E-state index in [1.165, 1.54) is 25.3 Å². The van der Waals surface area contributed by atoms with Gasteiger partial charge in [0.05, 0.1) is 24.8 Å². The first-order valence-electron chi connectivity index (χ1n) is 12.5. The topological polar surface area (TPSA) is 202 Å². The van der Waals surface area contributed by atoms with Gasteiger partial charge in [-0.2, -0.15) is 0 Å². The van der Waals surface area contributed by atoms with E-state index in [1.807, 2.05) is 6.07 Å². The van der Waals surface area contributed by atoms with Crippen molar-refractivity contribution in [3.63, 3.8) is 0 Å². The molecule has 1 aliphatic heterocycles. The van der Waals surface area contributed by atoms with Gasteiger partial charge in [0.25, 0.3) is 0 Å². The molecule has 2 heterocycles. The van der Waals surface area contributed by atoms with E-state index in [9.17, 15) is 35.1 Å². The molecular weight excluding hydrogens is 524 g/mol. The summed E-state index contributed by atoms with van der Waals surface area (Å²) in [7, 11) is 1.35. The number of aromatic nitrogens is 1. The molecule has 5 atom stereocenters. The Morgan fingerprint density at radius 3 is 2.33 bits per heavy atom. The first kappa shape index (κ1) is 27.5. The van der Waals surface area contributed by atoms with E-state index in [1.54, 1.807) is 18.3 Å². The molecule has 1 saturated heterocycles. The van der Waals surface area contributed by atoms with Crippen molar-refractivity contribution in [2.24, 2.45) is 0 Å². The van der Waals surface area contributed by atoms with Crippen LogP contribution in [-0.4, -0.2) is 86.5 Å². The van der Waals surface area contributed by atoms with E-state index >= 15 is 0 Å². The quantitative estimate of drug-likeness (QED) is 0.181. The zero-order chi connectivity index (χ0) is 28.7. The number of rotatable bonds is 7. The SMILES string of the molecule is COc1cc(O[C@@H]2O[C@H](CO)[C@@H](O)[C@H](O)[C@H]2O)c2c(c1)C(=O)c1cc(CCc3ccc(N)nc3)cc(O)c1C2=O. The second-order valence-corrected chi connectivity index (χ2v) is 9.65. The largest absolute Gasteiger partial charge is 0.507 e. The van der Waals surface area contributed by atoms with Crippen molar-refractivity contribution in [3.05, 3.63) is 76.0 Å². The lowest BCUT2D eigenvalue weighted by Crippen LogP contribution is -2.60. The maximum Gasteiger partial charge on any atom is 0.229 e. The Hall–Kier alpha value is -4.07. The molecule has 0 saturated carbocycles. The van der Waals surface area contributed by atoms with Crippen LogP contribution in [0.1, 0.15) is 43.0 Å². The Balaban J connectivity index is 1.50. The number of ketones is 2. The molecule has 0 amide bonds. The third-order valence-corrected chi connectivity index (χ3v) is 7.07. The van der Waals surface area contributed by atoms with Crippen LogP contribution in [0.25, 0.3) is 0 Å². The molecule has 2 aromatic carbocycles. The molecule has 12 heteroatoms. The van der Waals surface area contributed by atoms with E-state index < -0.39 is 48.9 Å². The molecule has 7 N–H and O–H groups in total. The number of hydrogen-bond donors (Lipinski definition) is 6. The normalized spacial score (nSPS) is 23.9.